The average molecular weight is 218 g/mol. The SMILES string of the molecule is CNC#Cc1ccc(CC(N)C(=O)O)cc1. The molecule has 0 aliphatic heterocycles. The number of nitrogens with one attached hydrogen (secondary N) is 1. The molecule has 84 valence electrons. The van der Waals surface area contributed by atoms with Gasteiger partial charge >= 0.3 is 5.97 Å². The molecule has 0 fully saturated rings. The van der Waals surface area contributed by atoms with E-state index in [2.05, 4.69) is 17.3 Å². The van der Waals surface area contributed by atoms with Crippen molar-refractivity contribution in [2.24, 2.45) is 5.73 Å². The Morgan fingerprint density at radius 2 is 2.12 bits per heavy atom. The van der Waals surface area contributed by atoms with Crippen molar-refractivity contribution in [3.8, 4) is 12.0 Å². The summed E-state index contributed by atoms with van der Waals surface area (Å²) in [5.74, 6) is 1.90. The van der Waals surface area contributed by atoms with Crippen molar-refractivity contribution in [1.29, 1.82) is 0 Å². The molecule has 0 aliphatic carbocycles. The highest BCUT2D eigenvalue weighted by molar-refractivity contribution is 5.73. The Bertz CT molecular complexity index is 415. The third-order valence-corrected chi connectivity index (χ3v) is 2.06. The molecule has 1 unspecified atom stereocenters. The lowest BCUT2D eigenvalue weighted by Crippen LogP contribution is -2.32. The van der Waals surface area contributed by atoms with Gasteiger partial charge in [0.05, 0.1) is 0 Å². The predicted octanol–water partition coefficient (Wildman–Crippen LogP) is 0.169. The third-order valence-electron chi connectivity index (χ3n) is 2.06. The Labute approximate surface area is 94.5 Å². The summed E-state index contributed by atoms with van der Waals surface area (Å²) in [6, 6.07) is 9.23. The highest BCUT2D eigenvalue weighted by Crippen LogP contribution is 2.05. The summed E-state index contributed by atoms with van der Waals surface area (Å²) in [7, 11) is 1.74. The molecule has 1 aromatic rings. The van der Waals surface area contributed by atoms with Crippen LogP contribution in [0, 0.1) is 12.0 Å². The van der Waals surface area contributed by atoms with E-state index in [4.69, 9.17) is 10.8 Å². The number of carbonyl (C=O) groups is 1. The van der Waals surface area contributed by atoms with Crippen LogP contribution in [0.15, 0.2) is 24.3 Å². The molecule has 1 aromatic carbocycles. The van der Waals surface area contributed by atoms with E-state index in [-0.39, 0.29) is 0 Å². The van der Waals surface area contributed by atoms with Gasteiger partial charge in [0.15, 0.2) is 0 Å². The van der Waals surface area contributed by atoms with Gasteiger partial charge in [0, 0.05) is 18.7 Å². The Morgan fingerprint density at radius 1 is 1.50 bits per heavy atom. The van der Waals surface area contributed by atoms with Crippen molar-refractivity contribution in [3.63, 3.8) is 0 Å². The van der Waals surface area contributed by atoms with Crippen molar-refractivity contribution in [2.45, 2.75) is 12.5 Å². The number of hydrogen-bond acceptors (Lipinski definition) is 3. The van der Waals surface area contributed by atoms with Gasteiger partial charge in [-0.25, -0.2) is 0 Å². The number of rotatable bonds is 3. The van der Waals surface area contributed by atoms with Crippen LogP contribution in [0.1, 0.15) is 11.1 Å². The van der Waals surface area contributed by atoms with Crippen LogP contribution in [0.2, 0.25) is 0 Å². The van der Waals surface area contributed by atoms with Gasteiger partial charge in [-0.3, -0.25) is 4.79 Å². The van der Waals surface area contributed by atoms with Gasteiger partial charge in [-0.2, -0.15) is 0 Å². The summed E-state index contributed by atoms with van der Waals surface area (Å²) >= 11 is 0. The summed E-state index contributed by atoms with van der Waals surface area (Å²) in [6.07, 6.45) is 0.328. The first-order valence-electron chi connectivity index (χ1n) is 4.88. The van der Waals surface area contributed by atoms with Crippen molar-refractivity contribution < 1.29 is 9.90 Å². The first-order valence-corrected chi connectivity index (χ1v) is 4.88. The molecular weight excluding hydrogens is 204 g/mol. The van der Waals surface area contributed by atoms with Crippen LogP contribution in [0.3, 0.4) is 0 Å². The minimum atomic E-state index is -0.987. The van der Waals surface area contributed by atoms with E-state index < -0.39 is 12.0 Å². The van der Waals surface area contributed by atoms with Crippen LogP contribution in [0.5, 0.6) is 0 Å². The van der Waals surface area contributed by atoms with Gasteiger partial charge in [-0.15, -0.1) is 0 Å². The second-order valence-corrected chi connectivity index (χ2v) is 3.35. The molecule has 0 heterocycles. The smallest absolute Gasteiger partial charge is 0.320 e. The quantitative estimate of drug-likeness (QED) is 0.499. The molecule has 0 spiro atoms. The molecule has 4 N–H and O–H groups in total. The molecule has 0 aliphatic rings. The standard InChI is InChI=1S/C12H14N2O2/c1-14-7-6-9-2-4-10(5-3-9)8-11(13)12(15)16/h2-5,11,14H,8,13H2,1H3,(H,15,16). The van der Waals surface area contributed by atoms with Gasteiger partial charge in [0.1, 0.15) is 6.04 Å². The highest BCUT2D eigenvalue weighted by atomic mass is 16.4. The maximum Gasteiger partial charge on any atom is 0.320 e. The zero-order valence-electron chi connectivity index (χ0n) is 9.03. The average Bonchev–Trinajstić information content (AvgIpc) is 2.28. The maximum absolute atomic E-state index is 10.6. The lowest BCUT2D eigenvalue weighted by atomic mass is 10.1. The molecule has 0 amide bonds. The van der Waals surface area contributed by atoms with Gasteiger partial charge in [-0.1, -0.05) is 12.1 Å². The van der Waals surface area contributed by atoms with Gasteiger partial charge < -0.3 is 16.2 Å². The zero-order valence-corrected chi connectivity index (χ0v) is 9.03. The second kappa shape index (κ2) is 5.79. The molecule has 4 heteroatoms. The Kier molecular flexibility index (Phi) is 4.37. The molecule has 0 aromatic heterocycles. The summed E-state index contributed by atoms with van der Waals surface area (Å²) in [5, 5.41) is 11.4. The van der Waals surface area contributed by atoms with Crippen LogP contribution < -0.4 is 11.1 Å². The predicted molar refractivity (Wildman–Crippen MR) is 61.7 cm³/mol. The normalized spacial score (nSPS) is 11.1. The maximum atomic E-state index is 10.6. The molecule has 4 nitrogen and oxygen atoms in total. The van der Waals surface area contributed by atoms with Gasteiger partial charge in [0.2, 0.25) is 0 Å². The third kappa shape index (κ3) is 3.64. The number of aliphatic carboxylic acids is 1. The fraction of sp³-hybridized carbons (Fsp3) is 0.250. The van der Waals surface area contributed by atoms with Crippen LogP contribution in [0.25, 0.3) is 0 Å². The van der Waals surface area contributed by atoms with E-state index in [1.165, 1.54) is 0 Å². The summed E-state index contributed by atoms with van der Waals surface area (Å²) in [4.78, 5) is 10.6. The monoisotopic (exact) mass is 218 g/mol. The number of benzene rings is 1. The topological polar surface area (TPSA) is 75.3 Å². The Hall–Kier alpha value is -1.99. The molecule has 1 atom stereocenters. The molecule has 0 bridgehead atoms. The highest BCUT2D eigenvalue weighted by Gasteiger charge is 2.11. The number of carboxylic acids is 1. The molecule has 16 heavy (non-hydrogen) atoms. The minimum absolute atomic E-state index is 0.328. The summed E-state index contributed by atoms with van der Waals surface area (Å²) < 4.78 is 0. The van der Waals surface area contributed by atoms with Crippen molar-refractivity contribution in [3.05, 3.63) is 35.4 Å². The van der Waals surface area contributed by atoms with E-state index in [0.29, 0.717) is 6.42 Å². The fourth-order valence-electron chi connectivity index (χ4n) is 1.20. The van der Waals surface area contributed by atoms with Crippen LogP contribution >= 0.6 is 0 Å². The van der Waals surface area contributed by atoms with Crippen LogP contribution in [0.4, 0.5) is 0 Å². The van der Waals surface area contributed by atoms with E-state index in [0.717, 1.165) is 11.1 Å². The molecule has 1 rings (SSSR count). The Morgan fingerprint density at radius 3 is 2.62 bits per heavy atom. The van der Waals surface area contributed by atoms with Gasteiger partial charge in [-0.05, 0) is 30.0 Å². The van der Waals surface area contributed by atoms with Crippen LogP contribution in [-0.2, 0) is 11.2 Å². The van der Waals surface area contributed by atoms with E-state index in [9.17, 15) is 4.79 Å². The fourth-order valence-corrected chi connectivity index (χ4v) is 1.20. The van der Waals surface area contributed by atoms with Crippen molar-refractivity contribution in [1.82, 2.24) is 5.32 Å². The van der Waals surface area contributed by atoms with Crippen molar-refractivity contribution >= 4 is 5.97 Å². The number of hydrogen-bond donors (Lipinski definition) is 3. The first kappa shape index (κ1) is 12.1. The van der Waals surface area contributed by atoms with Crippen molar-refractivity contribution in [2.75, 3.05) is 7.05 Å². The number of nitrogens with two attached hydrogens (primary N) is 1. The van der Waals surface area contributed by atoms with Crippen LogP contribution in [-0.4, -0.2) is 24.2 Å². The minimum Gasteiger partial charge on any atom is -0.480 e. The molecule has 0 radical (unpaired) electrons. The molecule has 0 saturated carbocycles. The first-order chi connectivity index (χ1) is 7.63. The Balaban J connectivity index is 2.68. The second-order valence-electron chi connectivity index (χ2n) is 3.35. The summed E-state index contributed by atoms with van der Waals surface area (Å²) in [6.45, 7) is 0. The van der Waals surface area contributed by atoms with E-state index in [1.807, 2.05) is 24.3 Å². The summed E-state index contributed by atoms with van der Waals surface area (Å²) in [5.41, 5.74) is 7.20. The van der Waals surface area contributed by atoms with E-state index in [1.54, 1.807) is 7.05 Å². The zero-order chi connectivity index (χ0) is 12.0. The largest absolute Gasteiger partial charge is 0.480 e. The molecular formula is C12H14N2O2. The van der Waals surface area contributed by atoms with E-state index >= 15 is 0 Å². The number of carboxylic acid groups (broad SMARTS) is 1. The van der Waals surface area contributed by atoms with Gasteiger partial charge in [0.25, 0.3) is 0 Å². The molecule has 0 saturated heterocycles. The lowest BCUT2D eigenvalue weighted by Gasteiger charge is -2.05. The lowest BCUT2D eigenvalue weighted by molar-refractivity contribution is -0.138.